The van der Waals surface area contributed by atoms with Gasteiger partial charge in [-0.05, 0) is 42.9 Å². The second-order valence-corrected chi connectivity index (χ2v) is 6.43. The first-order valence-electron chi connectivity index (χ1n) is 8.03. The fraction of sp³-hybridized carbons (Fsp3) is 0.444. The lowest BCUT2D eigenvalue weighted by atomic mass is 9.88. The Balaban J connectivity index is 2.39. The number of ether oxygens (including phenoxy) is 1. The van der Waals surface area contributed by atoms with E-state index in [4.69, 9.17) is 22.1 Å². The molecule has 1 aliphatic heterocycles. The zero-order chi connectivity index (χ0) is 17.5. The van der Waals surface area contributed by atoms with Crippen molar-refractivity contribution in [3.05, 3.63) is 35.4 Å². The van der Waals surface area contributed by atoms with E-state index in [0.29, 0.717) is 30.0 Å². The molecule has 0 saturated heterocycles. The molecule has 1 aliphatic rings. The lowest BCUT2D eigenvalue weighted by molar-refractivity contribution is -0.115. The molecule has 1 aromatic rings. The number of carbonyl (C=O) groups is 1. The van der Waals surface area contributed by atoms with E-state index in [0.717, 1.165) is 16.7 Å². The number of thiocarbonyl (C=S) groups is 1. The van der Waals surface area contributed by atoms with E-state index in [1.165, 1.54) is 0 Å². The summed E-state index contributed by atoms with van der Waals surface area (Å²) in [4.78, 5) is 12.6. The van der Waals surface area contributed by atoms with E-state index in [1.807, 2.05) is 25.1 Å². The van der Waals surface area contributed by atoms with Crippen LogP contribution in [0.4, 0.5) is 0 Å². The van der Waals surface area contributed by atoms with Crippen LogP contribution in [-0.4, -0.2) is 40.9 Å². The number of aryl methyl sites for hydroxylation is 1. The molecule has 3 N–H and O–H groups in total. The van der Waals surface area contributed by atoms with E-state index in [1.54, 1.807) is 6.08 Å². The molecule has 0 aromatic heterocycles. The maximum atomic E-state index is 12.1. The highest BCUT2D eigenvalue weighted by atomic mass is 32.1. The molecule has 1 heterocycles. The number of benzene rings is 1. The Hall–Kier alpha value is -1.76. The fourth-order valence-electron chi connectivity index (χ4n) is 2.83. The van der Waals surface area contributed by atoms with Crippen molar-refractivity contribution in [3.8, 4) is 5.75 Å². The third kappa shape index (κ3) is 5.12. The van der Waals surface area contributed by atoms with Crippen molar-refractivity contribution in [2.75, 3.05) is 19.8 Å². The maximum Gasteiger partial charge on any atom is 0.249 e. The highest BCUT2D eigenvalue weighted by molar-refractivity contribution is 7.80. The smallest absolute Gasteiger partial charge is 0.249 e. The second kappa shape index (κ2) is 8.92. The van der Waals surface area contributed by atoms with Crippen molar-refractivity contribution >= 4 is 28.7 Å². The molecule has 0 spiro atoms. The standard InChI is InChI=1S/C18H23NO4S/c1-12-2-3-15(16(8-12)23-7-6-21)14-9-13(4-5-20)10-18(24)19-17(22)11-14/h2-3,8,11,13,20-21H,4-7,9-10H2,1H3,(H,19,22,24). The molecule has 0 saturated carbocycles. The number of hydrogen-bond acceptors (Lipinski definition) is 5. The largest absolute Gasteiger partial charge is 0.491 e. The number of carbonyl (C=O) groups excluding carboxylic acids is 1. The van der Waals surface area contributed by atoms with E-state index < -0.39 is 0 Å². The van der Waals surface area contributed by atoms with Crippen LogP contribution in [0.15, 0.2) is 24.3 Å². The number of amides is 1. The third-order valence-electron chi connectivity index (χ3n) is 3.92. The number of aliphatic hydroxyl groups is 2. The summed E-state index contributed by atoms with van der Waals surface area (Å²) in [5.74, 6) is 0.557. The molecule has 0 bridgehead atoms. The van der Waals surface area contributed by atoms with Crippen molar-refractivity contribution in [2.24, 2.45) is 5.92 Å². The topological polar surface area (TPSA) is 78.8 Å². The van der Waals surface area contributed by atoms with Gasteiger partial charge < -0.3 is 20.3 Å². The van der Waals surface area contributed by atoms with Crippen LogP contribution in [0.3, 0.4) is 0 Å². The maximum absolute atomic E-state index is 12.1. The number of allylic oxidation sites excluding steroid dienone is 1. The molecule has 1 aromatic carbocycles. The average molecular weight is 349 g/mol. The van der Waals surface area contributed by atoms with E-state index in [2.05, 4.69) is 5.32 Å². The van der Waals surface area contributed by atoms with Crippen LogP contribution in [0.25, 0.3) is 5.57 Å². The molecule has 0 radical (unpaired) electrons. The minimum absolute atomic E-state index is 0.0751. The van der Waals surface area contributed by atoms with Crippen molar-refractivity contribution in [3.63, 3.8) is 0 Å². The molecule has 1 amide bonds. The molecule has 1 unspecified atom stereocenters. The SMILES string of the molecule is Cc1ccc(C2=CC(=O)NC(=S)CC(CCO)C2)c(OCCO)c1. The van der Waals surface area contributed by atoms with Gasteiger partial charge in [0.1, 0.15) is 12.4 Å². The van der Waals surface area contributed by atoms with E-state index in [-0.39, 0.29) is 31.6 Å². The Morgan fingerprint density at radius 2 is 2.08 bits per heavy atom. The van der Waals surface area contributed by atoms with Gasteiger partial charge in [0.25, 0.3) is 0 Å². The van der Waals surface area contributed by atoms with Gasteiger partial charge in [-0.3, -0.25) is 4.79 Å². The van der Waals surface area contributed by atoms with Gasteiger partial charge in [0.2, 0.25) is 5.91 Å². The van der Waals surface area contributed by atoms with Gasteiger partial charge in [0.05, 0.1) is 11.6 Å². The lowest BCUT2D eigenvalue weighted by Gasteiger charge is -2.23. The van der Waals surface area contributed by atoms with Crippen molar-refractivity contribution < 1.29 is 19.7 Å². The summed E-state index contributed by atoms with van der Waals surface area (Å²) in [7, 11) is 0. The first kappa shape index (κ1) is 18.6. The van der Waals surface area contributed by atoms with Crippen LogP contribution in [0, 0.1) is 12.8 Å². The third-order valence-corrected chi connectivity index (χ3v) is 4.19. The van der Waals surface area contributed by atoms with Gasteiger partial charge in [0.15, 0.2) is 0 Å². The summed E-state index contributed by atoms with van der Waals surface area (Å²) in [6.07, 6.45) is 3.36. The average Bonchev–Trinajstić information content (AvgIpc) is 2.51. The second-order valence-electron chi connectivity index (χ2n) is 5.94. The van der Waals surface area contributed by atoms with Gasteiger partial charge in [-0.1, -0.05) is 24.4 Å². The van der Waals surface area contributed by atoms with Gasteiger partial charge >= 0.3 is 0 Å². The molecule has 6 heteroatoms. The number of nitrogens with one attached hydrogen (secondary N) is 1. The lowest BCUT2D eigenvalue weighted by Crippen LogP contribution is -2.31. The zero-order valence-electron chi connectivity index (χ0n) is 13.7. The zero-order valence-corrected chi connectivity index (χ0v) is 14.6. The van der Waals surface area contributed by atoms with Crippen LogP contribution in [0.1, 0.15) is 30.4 Å². The summed E-state index contributed by atoms with van der Waals surface area (Å²) in [5, 5.41) is 21.0. The monoisotopic (exact) mass is 349 g/mol. The minimum Gasteiger partial charge on any atom is -0.491 e. The predicted molar refractivity (Wildman–Crippen MR) is 96.9 cm³/mol. The van der Waals surface area contributed by atoms with Gasteiger partial charge in [-0.15, -0.1) is 0 Å². The molecule has 130 valence electrons. The molecular formula is C18H23NO4S. The normalized spacial score (nSPS) is 18.5. The van der Waals surface area contributed by atoms with E-state index in [9.17, 15) is 9.90 Å². The van der Waals surface area contributed by atoms with Crippen LogP contribution in [0.5, 0.6) is 5.75 Å². The number of rotatable bonds is 6. The molecule has 0 aliphatic carbocycles. The molecule has 0 fully saturated rings. The Morgan fingerprint density at radius 1 is 1.29 bits per heavy atom. The molecular weight excluding hydrogens is 326 g/mol. The van der Waals surface area contributed by atoms with Crippen molar-refractivity contribution in [1.29, 1.82) is 0 Å². The summed E-state index contributed by atoms with van der Waals surface area (Å²) in [6, 6.07) is 5.79. The predicted octanol–water partition coefficient (Wildman–Crippen LogP) is 1.99. The molecule has 1 atom stereocenters. The Morgan fingerprint density at radius 3 is 2.79 bits per heavy atom. The summed E-state index contributed by atoms with van der Waals surface area (Å²) in [5.41, 5.74) is 2.72. The Labute approximate surface area is 147 Å². The fourth-order valence-corrected chi connectivity index (χ4v) is 3.17. The highest BCUT2D eigenvalue weighted by Gasteiger charge is 2.21. The first-order valence-corrected chi connectivity index (χ1v) is 8.44. The van der Waals surface area contributed by atoms with Crippen molar-refractivity contribution in [2.45, 2.75) is 26.2 Å². The summed E-state index contributed by atoms with van der Waals surface area (Å²) in [6.45, 7) is 2.16. The first-order chi connectivity index (χ1) is 11.5. The Kier molecular flexibility index (Phi) is 6.90. The number of hydrogen-bond donors (Lipinski definition) is 3. The van der Waals surface area contributed by atoms with E-state index >= 15 is 0 Å². The molecule has 5 nitrogen and oxygen atoms in total. The van der Waals surface area contributed by atoms with Crippen LogP contribution in [0.2, 0.25) is 0 Å². The quantitative estimate of drug-likeness (QED) is 0.685. The van der Waals surface area contributed by atoms with Crippen LogP contribution >= 0.6 is 12.2 Å². The molecule has 2 rings (SSSR count). The summed E-state index contributed by atoms with van der Waals surface area (Å²) < 4.78 is 5.65. The Bertz CT molecular complexity index is 642. The summed E-state index contributed by atoms with van der Waals surface area (Å²) >= 11 is 5.18. The van der Waals surface area contributed by atoms with Crippen LogP contribution in [-0.2, 0) is 4.79 Å². The van der Waals surface area contributed by atoms with Crippen molar-refractivity contribution in [1.82, 2.24) is 5.32 Å². The van der Waals surface area contributed by atoms with Gasteiger partial charge in [-0.25, -0.2) is 0 Å². The minimum atomic E-state index is -0.244. The highest BCUT2D eigenvalue weighted by Crippen LogP contribution is 2.34. The molecule has 24 heavy (non-hydrogen) atoms. The van der Waals surface area contributed by atoms with Gasteiger partial charge in [-0.2, -0.15) is 0 Å². The van der Waals surface area contributed by atoms with Gasteiger partial charge in [0, 0.05) is 24.7 Å². The number of aliphatic hydroxyl groups excluding tert-OH is 2. The van der Waals surface area contributed by atoms with Crippen LogP contribution < -0.4 is 10.1 Å².